The molecule has 2 aromatic rings. The maximum atomic E-state index is 12.5. The SMILES string of the molecule is CCC.CNc1ncc2sc(=O)n(C3CSC(C(=O)OC4CCCC(C)C4)O3)c2n1. The summed E-state index contributed by atoms with van der Waals surface area (Å²) in [6.07, 6.45) is 6.40. The lowest BCUT2D eigenvalue weighted by Gasteiger charge is -2.27. The minimum Gasteiger partial charge on any atom is -0.460 e. The Labute approximate surface area is 184 Å². The second kappa shape index (κ2) is 10.6. The average molecular weight is 455 g/mol. The highest BCUT2D eigenvalue weighted by atomic mass is 32.2. The van der Waals surface area contributed by atoms with Crippen molar-refractivity contribution in [3.8, 4) is 0 Å². The molecule has 0 aromatic carbocycles. The first kappa shape index (κ1) is 23.0. The molecule has 1 saturated carbocycles. The average Bonchev–Trinajstić information content (AvgIpc) is 3.31. The summed E-state index contributed by atoms with van der Waals surface area (Å²) < 4.78 is 13.7. The van der Waals surface area contributed by atoms with Gasteiger partial charge in [-0.15, -0.1) is 11.8 Å². The van der Waals surface area contributed by atoms with Crippen LogP contribution in [0.2, 0.25) is 0 Å². The Morgan fingerprint density at radius 2 is 2.17 bits per heavy atom. The number of hydrogen-bond donors (Lipinski definition) is 1. The van der Waals surface area contributed by atoms with Crippen molar-refractivity contribution in [3.05, 3.63) is 15.9 Å². The van der Waals surface area contributed by atoms with Crippen LogP contribution >= 0.6 is 23.1 Å². The number of aromatic nitrogens is 3. The number of nitrogens with zero attached hydrogens (tertiary/aromatic N) is 3. The maximum Gasteiger partial charge on any atom is 0.346 e. The topological polar surface area (TPSA) is 95.3 Å². The molecule has 1 aliphatic carbocycles. The van der Waals surface area contributed by atoms with Crippen LogP contribution in [0.4, 0.5) is 5.95 Å². The molecule has 8 nitrogen and oxygen atoms in total. The van der Waals surface area contributed by atoms with Crippen LogP contribution in [0.5, 0.6) is 0 Å². The van der Waals surface area contributed by atoms with Crippen LogP contribution in [-0.2, 0) is 14.3 Å². The zero-order valence-corrected chi connectivity index (χ0v) is 19.6. The molecule has 4 atom stereocenters. The highest BCUT2D eigenvalue weighted by molar-refractivity contribution is 8.00. The van der Waals surface area contributed by atoms with Gasteiger partial charge in [-0.25, -0.2) is 9.78 Å². The number of carbonyl (C=O) groups is 1. The summed E-state index contributed by atoms with van der Waals surface area (Å²) in [5, 5.41) is 2.87. The third kappa shape index (κ3) is 5.33. The van der Waals surface area contributed by atoms with Gasteiger partial charge in [-0.3, -0.25) is 9.36 Å². The minimum absolute atomic E-state index is 0.0277. The van der Waals surface area contributed by atoms with Crippen molar-refractivity contribution in [1.29, 1.82) is 0 Å². The van der Waals surface area contributed by atoms with E-state index in [0.717, 1.165) is 30.6 Å². The molecule has 4 rings (SSSR count). The van der Waals surface area contributed by atoms with E-state index in [1.54, 1.807) is 13.2 Å². The Bertz CT molecular complexity index is 916. The lowest BCUT2D eigenvalue weighted by molar-refractivity contribution is -0.161. The highest BCUT2D eigenvalue weighted by Crippen LogP contribution is 2.35. The molecule has 4 unspecified atom stereocenters. The Kier molecular flexibility index (Phi) is 8.13. The van der Waals surface area contributed by atoms with Gasteiger partial charge in [0.2, 0.25) is 11.4 Å². The molecule has 10 heteroatoms. The predicted octanol–water partition coefficient (Wildman–Crippen LogP) is 4.02. The van der Waals surface area contributed by atoms with Gasteiger partial charge >= 0.3 is 10.8 Å². The van der Waals surface area contributed by atoms with Crippen molar-refractivity contribution in [1.82, 2.24) is 14.5 Å². The number of ether oxygens (including phenoxy) is 2. The van der Waals surface area contributed by atoms with Crippen molar-refractivity contribution in [2.75, 3.05) is 18.1 Å². The van der Waals surface area contributed by atoms with E-state index in [4.69, 9.17) is 9.47 Å². The number of carbonyl (C=O) groups excluding carboxylic acids is 1. The third-order valence-electron chi connectivity index (χ3n) is 4.90. The van der Waals surface area contributed by atoms with Crippen LogP contribution in [0.1, 0.15) is 59.1 Å². The standard InChI is InChI=1S/C17H22N4O4S2.C3H8/c1-9-4-3-5-10(6-9)24-14(22)15-25-12(8-26-15)21-13-11(27-17(21)23)7-19-16(18-2)20-13;1-3-2/h7,9-10,12,15H,3-6,8H2,1-2H3,(H,18,19,20);3H2,1-2H3. The number of fused-ring (bicyclic) bond motifs is 1. The summed E-state index contributed by atoms with van der Waals surface area (Å²) in [6.45, 7) is 6.44. The van der Waals surface area contributed by atoms with Crippen LogP contribution in [0.15, 0.2) is 11.0 Å². The molecule has 3 heterocycles. The molecule has 0 radical (unpaired) electrons. The summed E-state index contributed by atoms with van der Waals surface area (Å²) in [5.74, 6) is 1.16. The second-order valence-electron chi connectivity index (χ2n) is 7.66. The molecule has 166 valence electrons. The molecule has 2 aliphatic rings. The number of nitrogens with one attached hydrogen (secondary N) is 1. The molecular formula is C20H30N4O4S2. The van der Waals surface area contributed by atoms with E-state index in [9.17, 15) is 9.59 Å². The monoisotopic (exact) mass is 454 g/mol. The molecule has 30 heavy (non-hydrogen) atoms. The molecule has 0 spiro atoms. The number of hydrogen-bond acceptors (Lipinski definition) is 9. The Balaban J connectivity index is 0.000000806. The fourth-order valence-electron chi connectivity index (χ4n) is 3.57. The second-order valence-corrected chi connectivity index (χ2v) is 9.75. The van der Waals surface area contributed by atoms with E-state index in [1.807, 2.05) is 0 Å². The maximum absolute atomic E-state index is 12.5. The summed E-state index contributed by atoms with van der Waals surface area (Å²) in [7, 11) is 1.72. The fraction of sp³-hybridized carbons (Fsp3) is 0.700. The number of anilines is 1. The van der Waals surface area contributed by atoms with Crippen LogP contribution in [0, 0.1) is 5.92 Å². The molecule has 1 N–H and O–H groups in total. The van der Waals surface area contributed by atoms with Gasteiger partial charge in [-0.05, 0) is 25.2 Å². The van der Waals surface area contributed by atoms with Crippen molar-refractivity contribution < 1.29 is 14.3 Å². The Morgan fingerprint density at radius 3 is 2.87 bits per heavy atom. The minimum atomic E-state index is -0.709. The molecule has 0 bridgehead atoms. The van der Waals surface area contributed by atoms with Crippen LogP contribution in [-0.4, -0.2) is 44.8 Å². The van der Waals surface area contributed by atoms with Gasteiger partial charge in [0.1, 0.15) is 6.10 Å². The van der Waals surface area contributed by atoms with Crippen molar-refractivity contribution in [2.45, 2.75) is 70.6 Å². The summed E-state index contributed by atoms with van der Waals surface area (Å²) >= 11 is 2.43. The largest absolute Gasteiger partial charge is 0.460 e. The van der Waals surface area contributed by atoms with E-state index in [1.165, 1.54) is 29.2 Å². The Morgan fingerprint density at radius 1 is 1.40 bits per heavy atom. The van der Waals surface area contributed by atoms with Crippen LogP contribution in [0.3, 0.4) is 0 Å². The van der Waals surface area contributed by atoms with Gasteiger partial charge in [0.05, 0.1) is 10.9 Å². The number of thioether (sulfide) groups is 1. The van der Waals surface area contributed by atoms with Gasteiger partial charge in [0, 0.05) is 12.8 Å². The summed E-state index contributed by atoms with van der Waals surface area (Å²) in [4.78, 5) is 33.3. The summed E-state index contributed by atoms with van der Waals surface area (Å²) in [5.41, 5.74) is -0.190. The first-order valence-electron chi connectivity index (χ1n) is 10.5. The predicted molar refractivity (Wildman–Crippen MR) is 121 cm³/mol. The van der Waals surface area contributed by atoms with Gasteiger partial charge < -0.3 is 14.8 Å². The highest BCUT2D eigenvalue weighted by Gasteiger charge is 2.37. The summed E-state index contributed by atoms with van der Waals surface area (Å²) in [6, 6.07) is 0. The zero-order chi connectivity index (χ0) is 21.7. The molecule has 2 aromatic heterocycles. The molecule has 2 fully saturated rings. The van der Waals surface area contributed by atoms with Crippen molar-refractivity contribution in [2.24, 2.45) is 5.92 Å². The van der Waals surface area contributed by atoms with Gasteiger partial charge in [0.15, 0.2) is 11.9 Å². The number of thiazole rings is 1. The van der Waals surface area contributed by atoms with E-state index in [0.29, 0.717) is 28.0 Å². The fourth-order valence-corrected chi connectivity index (χ4v) is 5.36. The number of rotatable bonds is 4. The zero-order valence-electron chi connectivity index (χ0n) is 17.9. The molecule has 0 amide bonds. The van der Waals surface area contributed by atoms with E-state index >= 15 is 0 Å². The quantitative estimate of drug-likeness (QED) is 0.692. The van der Waals surface area contributed by atoms with Crippen molar-refractivity contribution in [3.63, 3.8) is 0 Å². The van der Waals surface area contributed by atoms with Gasteiger partial charge in [0.25, 0.3) is 0 Å². The molecular weight excluding hydrogens is 424 g/mol. The van der Waals surface area contributed by atoms with Gasteiger partial charge in [-0.2, -0.15) is 4.98 Å². The van der Waals surface area contributed by atoms with Crippen LogP contribution < -0.4 is 10.2 Å². The smallest absolute Gasteiger partial charge is 0.346 e. The van der Waals surface area contributed by atoms with E-state index in [-0.39, 0.29) is 16.9 Å². The lowest BCUT2D eigenvalue weighted by atomic mass is 9.89. The Hall–Kier alpha value is -1.65. The molecule has 1 saturated heterocycles. The van der Waals surface area contributed by atoms with Crippen LogP contribution in [0.25, 0.3) is 10.3 Å². The first-order chi connectivity index (χ1) is 14.5. The lowest BCUT2D eigenvalue weighted by Crippen LogP contribution is -2.30. The first-order valence-corrected chi connectivity index (χ1v) is 12.4. The third-order valence-corrected chi connectivity index (χ3v) is 6.87. The number of esters is 1. The van der Waals surface area contributed by atoms with E-state index < -0.39 is 11.7 Å². The van der Waals surface area contributed by atoms with Crippen molar-refractivity contribution >= 4 is 45.4 Å². The van der Waals surface area contributed by atoms with Gasteiger partial charge in [-0.1, -0.05) is 44.9 Å². The normalized spacial score (nSPS) is 26.1. The molecule has 1 aliphatic heterocycles. The van der Waals surface area contributed by atoms with E-state index in [2.05, 4.69) is 36.1 Å².